The molecule has 0 aliphatic heterocycles. The zero-order valence-corrected chi connectivity index (χ0v) is 14.1. The van der Waals surface area contributed by atoms with Gasteiger partial charge in [-0.2, -0.15) is 0 Å². The first kappa shape index (κ1) is 14.5. The molecule has 112 valence electrons. The van der Waals surface area contributed by atoms with Crippen molar-refractivity contribution in [3.63, 3.8) is 0 Å². The van der Waals surface area contributed by atoms with Crippen LogP contribution in [-0.4, -0.2) is 11.0 Å². The Morgan fingerprint density at radius 3 is 2.30 bits per heavy atom. The highest BCUT2D eigenvalue weighted by Crippen LogP contribution is 2.47. The van der Waals surface area contributed by atoms with Gasteiger partial charge in [-0.25, -0.2) is 4.98 Å². The van der Waals surface area contributed by atoms with Crippen LogP contribution in [-0.2, 0) is 5.54 Å². The Balaban J connectivity index is 1.78. The van der Waals surface area contributed by atoms with Gasteiger partial charge in [-0.05, 0) is 56.8 Å². The van der Waals surface area contributed by atoms with Gasteiger partial charge in [-0.15, -0.1) is 11.3 Å². The maximum atomic E-state index is 4.83. The normalized spacial score (nSPS) is 31.5. The fraction of sp³-hybridized carbons (Fsp3) is 0.824. The molecule has 0 aromatic carbocycles. The lowest BCUT2D eigenvalue weighted by Gasteiger charge is -2.44. The Morgan fingerprint density at radius 1 is 1.20 bits per heavy atom. The number of hydrogen-bond acceptors (Lipinski definition) is 3. The molecule has 1 aromatic rings. The van der Waals surface area contributed by atoms with Crippen LogP contribution >= 0.6 is 11.3 Å². The van der Waals surface area contributed by atoms with Gasteiger partial charge in [0.2, 0.25) is 0 Å². The standard InChI is InChI=1S/C17H28N2S/c1-12-11-20-15(18-12)17(19-14-5-6-14)9-7-13(8-10-17)16(2,3)4/h11,13-14,19H,5-10H2,1-4H3. The van der Waals surface area contributed by atoms with E-state index >= 15 is 0 Å². The van der Waals surface area contributed by atoms with Gasteiger partial charge in [0.15, 0.2) is 0 Å². The molecule has 2 nitrogen and oxygen atoms in total. The summed E-state index contributed by atoms with van der Waals surface area (Å²) in [5.74, 6) is 0.859. The van der Waals surface area contributed by atoms with Gasteiger partial charge < -0.3 is 5.32 Å². The molecule has 2 saturated carbocycles. The molecule has 0 unspecified atom stereocenters. The predicted molar refractivity (Wildman–Crippen MR) is 86.1 cm³/mol. The topological polar surface area (TPSA) is 24.9 Å². The minimum atomic E-state index is 0.182. The highest BCUT2D eigenvalue weighted by atomic mass is 32.1. The summed E-state index contributed by atoms with van der Waals surface area (Å²) in [7, 11) is 0. The summed E-state index contributed by atoms with van der Waals surface area (Å²) in [5, 5.41) is 7.51. The minimum absolute atomic E-state index is 0.182. The van der Waals surface area contributed by atoms with Gasteiger partial charge >= 0.3 is 0 Å². The van der Waals surface area contributed by atoms with E-state index in [-0.39, 0.29) is 5.54 Å². The van der Waals surface area contributed by atoms with Crippen molar-refractivity contribution < 1.29 is 0 Å². The van der Waals surface area contributed by atoms with Crippen LogP contribution in [0.5, 0.6) is 0 Å². The second kappa shape index (κ2) is 5.10. The average Bonchev–Trinajstić information content (AvgIpc) is 3.07. The van der Waals surface area contributed by atoms with E-state index in [9.17, 15) is 0 Å². The Bertz CT molecular complexity index is 460. The third-order valence-electron chi connectivity index (χ3n) is 5.15. The first-order valence-electron chi connectivity index (χ1n) is 8.09. The monoisotopic (exact) mass is 292 g/mol. The van der Waals surface area contributed by atoms with Crippen LogP contribution in [0.25, 0.3) is 0 Å². The number of hydrogen-bond donors (Lipinski definition) is 1. The van der Waals surface area contributed by atoms with E-state index in [1.54, 1.807) is 0 Å². The lowest BCUT2D eigenvalue weighted by Crippen LogP contribution is -2.47. The van der Waals surface area contributed by atoms with Crippen LogP contribution in [0.15, 0.2) is 5.38 Å². The van der Waals surface area contributed by atoms with E-state index in [4.69, 9.17) is 4.98 Å². The van der Waals surface area contributed by atoms with E-state index in [2.05, 4.69) is 38.4 Å². The number of aryl methyl sites for hydroxylation is 1. The van der Waals surface area contributed by atoms with E-state index in [1.165, 1.54) is 49.2 Å². The highest BCUT2D eigenvalue weighted by molar-refractivity contribution is 7.09. The molecule has 2 aliphatic rings. The van der Waals surface area contributed by atoms with Crippen molar-refractivity contribution >= 4 is 11.3 Å². The Kier molecular flexibility index (Phi) is 3.70. The molecule has 2 fully saturated rings. The van der Waals surface area contributed by atoms with Crippen LogP contribution in [0, 0.1) is 18.3 Å². The summed E-state index contributed by atoms with van der Waals surface area (Å²) in [6, 6.07) is 0.755. The molecular formula is C17H28N2S. The van der Waals surface area contributed by atoms with Crippen LogP contribution in [0.2, 0.25) is 0 Å². The van der Waals surface area contributed by atoms with E-state index in [1.807, 2.05) is 11.3 Å². The first-order chi connectivity index (χ1) is 9.39. The lowest BCUT2D eigenvalue weighted by atomic mass is 9.67. The molecule has 0 radical (unpaired) electrons. The SMILES string of the molecule is Cc1csc(C2(NC3CC3)CCC(C(C)(C)C)CC2)n1. The number of thiazole rings is 1. The van der Waals surface area contributed by atoms with Crippen LogP contribution in [0.1, 0.15) is 70.0 Å². The number of aromatic nitrogens is 1. The number of rotatable bonds is 3. The third-order valence-corrected chi connectivity index (χ3v) is 6.31. The zero-order valence-electron chi connectivity index (χ0n) is 13.3. The number of nitrogens with one attached hydrogen (secondary N) is 1. The van der Waals surface area contributed by atoms with Crippen LogP contribution in [0.3, 0.4) is 0 Å². The summed E-state index contributed by atoms with van der Waals surface area (Å²) < 4.78 is 0. The van der Waals surface area contributed by atoms with Crippen LogP contribution < -0.4 is 5.32 Å². The predicted octanol–water partition coefficient (Wildman–Crippen LogP) is 4.64. The summed E-state index contributed by atoms with van der Waals surface area (Å²) in [4.78, 5) is 4.83. The molecule has 0 bridgehead atoms. The van der Waals surface area contributed by atoms with Crippen molar-refractivity contribution in [2.45, 2.75) is 77.8 Å². The Hall–Kier alpha value is -0.410. The smallest absolute Gasteiger partial charge is 0.113 e. The van der Waals surface area contributed by atoms with Crippen molar-refractivity contribution in [2.75, 3.05) is 0 Å². The molecule has 1 heterocycles. The minimum Gasteiger partial charge on any atom is -0.303 e. The maximum Gasteiger partial charge on any atom is 0.113 e. The molecule has 1 N–H and O–H groups in total. The number of nitrogens with zero attached hydrogens (tertiary/aromatic N) is 1. The zero-order chi connectivity index (χ0) is 14.4. The molecule has 0 amide bonds. The van der Waals surface area contributed by atoms with E-state index < -0.39 is 0 Å². The van der Waals surface area contributed by atoms with Crippen molar-refractivity contribution in [1.82, 2.24) is 10.3 Å². The summed E-state index contributed by atoms with van der Waals surface area (Å²) in [6.07, 6.45) is 7.91. The summed E-state index contributed by atoms with van der Waals surface area (Å²) in [6.45, 7) is 9.30. The van der Waals surface area contributed by atoms with Gasteiger partial charge in [0.05, 0.1) is 5.54 Å². The molecule has 3 rings (SSSR count). The Morgan fingerprint density at radius 2 is 1.85 bits per heavy atom. The first-order valence-corrected chi connectivity index (χ1v) is 8.97. The maximum absolute atomic E-state index is 4.83. The van der Waals surface area contributed by atoms with Gasteiger partial charge in [0.1, 0.15) is 5.01 Å². The van der Waals surface area contributed by atoms with Gasteiger partial charge in [-0.3, -0.25) is 0 Å². The van der Waals surface area contributed by atoms with Crippen molar-refractivity contribution in [3.8, 4) is 0 Å². The van der Waals surface area contributed by atoms with Gasteiger partial charge in [-0.1, -0.05) is 20.8 Å². The molecule has 2 aliphatic carbocycles. The van der Waals surface area contributed by atoms with Crippen molar-refractivity contribution in [3.05, 3.63) is 16.1 Å². The quantitative estimate of drug-likeness (QED) is 0.878. The fourth-order valence-electron chi connectivity index (χ4n) is 3.59. The molecule has 20 heavy (non-hydrogen) atoms. The molecule has 3 heteroatoms. The highest BCUT2D eigenvalue weighted by Gasteiger charge is 2.44. The van der Waals surface area contributed by atoms with E-state index in [0.717, 1.165) is 12.0 Å². The molecular weight excluding hydrogens is 264 g/mol. The van der Waals surface area contributed by atoms with Gasteiger partial charge in [0.25, 0.3) is 0 Å². The molecule has 0 atom stereocenters. The third kappa shape index (κ3) is 2.94. The lowest BCUT2D eigenvalue weighted by molar-refractivity contribution is 0.111. The van der Waals surface area contributed by atoms with Gasteiger partial charge in [0, 0.05) is 17.1 Å². The Labute approximate surface area is 127 Å². The van der Waals surface area contributed by atoms with E-state index in [0.29, 0.717) is 5.41 Å². The summed E-state index contributed by atoms with van der Waals surface area (Å²) in [5.41, 5.74) is 1.81. The average molecular weight is 292 g/mol. The van der Waals surface area contributed by atoms with Crippen LogP contribution in [0.4, 0.5) is 0 Å². The largest absolute Gasteiger partial charge is 0.303 e. The molecule has 1 aromatic heterocycles. The molecule has 0 spiro atoms. The fourth-order valence-corrected chi connectivity index (χ4v) is 4.61. The van der Waals surface area contributed by atoms with Crippen molar-refractivity contribution in [2.24, 2.45) is 11.3 Å². The molecule has 0 saturated heterocycles. The van der Waals surface area contributed by atoms with Crippen molar-refractivity contribution in [1.29, 1.82) is 0 Å². The second-order valence-corrected chi connectivity index (χ2v) is 8.79. The second-order valence-electron chi connectivity index (χ2n) is 7.94. The summed E-state index contributed by atoms with van der Waals surface area (Å²) >= 11 is 1.86.